The van der Waals surface area contributed by atoms with Crippen molar-refractivity contribution in [2.24, 2.45) is 0 Å². The maximum atomic E-state index is 11.6. The standard InChI is InChI=1S/C15H23NO2/c17-15-14-11-13(12-16-15)9-7-5-3-1-2-4-6-8-10-18-14/h11-12H,1-10H2,(H,16,17). The van der Waals surface area contributed by atoms with E-state index in [0.717, 1.165) is 12.8 Å². The summed E-state index contributed by atoms with van der Waals surface area (Å²) < 4.78 is 5.58. The van der Waals surface area contributed by atoms with Crippen LogP contribution in [0.4, 0.5) is 0 Å². The lowest BCUT2D eigenvalue weighted by molar-refractivity contribution is 0.299. The van der Waals surface area contributed by atoms with E-state index in [1.165, 1.54) is 50.5 Å². The van der Waals surface area contributed by atoms with Crippen LogP contribution in [-0.4, -0.2) is 11.6 Å². The van der Waals surface area contributed by atoms with Crippen molar-refractivity contribution < 1.29 is 4.74 Å². The molecular formula is C15H23NO2. The van der Waals surface area contributed by atoms with Gasteiger partial charge in [-0.2, -0.15) is 0 Å². The quantitative estimate of drug-likeness (QED) is 0.765. The summed E-state index contributed by atoms with van der Waals surface area (Å²) in [7, 11) is 0. The normalized spacial score (nSPS) is 18.7. The van der Waals surface area contributed by atoms with Gasteiger partial charge in [0.15, 0.2) is 5.75 Å². The van der Waals surface area contributed by atoms with E-state index in [-0.39, 0.29) is 5.56 Å². The van der Waals surface area contributed by atoms with Gasteiger partial charge in [0.05, 0.1) is 6.61 Å². The number of hydrogen-bond donors (Lipinski definition) is 1. The SMILES string of the molecule is O=c1[nH]cc2cc1OCCCCCCCCCC2. The van der Waals surface area contributed by atoms with Crippen LogP contribution in [0.25, 0.3) is 0 Å². The van der Waals surface area contributed by atoms with Gasteiger partial charge in [0, 0.05) is 6.20 Å². The second-order valence-corrected chi connectivity index (χ2v) is 5.13. The molecule has 0 saturated carbocycles. The summed E-state index contributed by atoms with van der Waals surface area (Å²) in [4.78, 5) is 14.4. The van der Waals surface area contributed by atoms with Crippen LogP contribution in [0.3, 0.4) is 0 Å². The Morgan fingerprint density at radius 2 is 1.61 bits per heavy atom. The van der Waals surface area contributed by atoms with Gasteiger partial charge in [-0.25, -0.2) is 0 Å². The van der Waals surface area contributed by atoms with Gasteiger partial charge in [-0.15, -0.1) is 0 Å². The molecule has 0 spiro atoms. The van der Waals surface area contributed by atoms with Crippen LogP contribution >= 0.6 is 0 Å². The Labute approximate surface area is 109 Å². The van der Waals surface area contributed by atoms with E-state index in [4.69, 9.17) is 4.74 Å². The average Bonchev–Trinajstić information content (AvgIpc) is 2.38. The Hall–Kier alpha value is -1.25. The second kappa shape index (κ2) is 7.24. The predicted octanol–water partition coefficient (Wildman–Crippen LogP) is 3.43. The van der Waals surface area contributed by atoms with Gasteiger partial charge in [0.1, 0.15) is 0 Å². The first-order valence-electron chi connectivity index (χ1n) is 7.21. The zero-order valence-corrected chi connectivity index (χ0v) is 11.0. The number of hydrogen-bond acceptors (Lipinski definition) is 2. The number of pyridine rings is 1. The fraction of sp³-hybridized carbons (Fsp3) is 0.667. The third-order valence-corrected chi connectivity index (χ3v) is 3.55. The van der Waals surface area contributed by atoms with Gasteiger partial charge in [-0.1, -0.05) is 38.5 Å². The third-order valence-electron chi connectivity index (χ3n) is 3.55. The molecule has 0 aromatic carbocycles. The van der Waals surface area contributed by atoms with Crippen molar-refractivity contribution in [2.75, 3.05) is 6.61 Å². The summed E-state index contributed by atoms with van der Waals surface area (Å²) in [6, 6.07) is 1.91. The maximum Gasteiger partial charge on any atom is 0.290 e. The molecule has 1 aromatic rings. The number of aromatic amines is 1. The molecule has 0 atom stereocenters. The van der Waals surface area contributed by atoms with Crippen molar-refractivity contribution in [1.82, 2.24) is 4.98 Å². The van der Waals surface area contributed by atoms with Crippen molar-refractivity contribution in [2.45, 2.75) is 57.8 Å². The molecule has 100 valence electrons. The molecule has 0 amide bonds. The third kappa shape index (κ3) is 4.21. The molecule has 3 nitrogen and oxygen atoms in total. The van der Waals surface area contributed by atoms with Crippen molar-refractivity contribution in [3.05, 3.63) is 28.2 Å². The summed E-state index contributed by atoms with van der Waals surface area (Å²) in [6.45, 7) is 0.659. The molecule has 1 aliphatic rings. The van der Waals surface area contributed by atoms with Gasteiger partial charge in [0.25, 0.3) is 5.56 Å². The molecule has 2 bridgehead atoms. The van der Waals surface area contributed by atoms with Gasteiger partial charge in [0.2, 0.25) is 0 Å². The number of fused-ring (bicyclic) bond motifs is 2. The minimum absolute atomic E-state index is 0.106. The van der Waals surface area contributed by atoms with Crippen LogP contribution in [0, 0.1) is 0 Å². The highest BCUT2D eigenvalue weighted by Crippen LogP contribution is 2.14. The van der Waals surface area contributed by atoms with Crippen LogP contribution in [0.5, 0.6) is 5.75 Å². The fourth-order valence-electron chi connectivity index (χ4n) is 2.43. The predicted molar refractivity (Wildman–Crippen MR) is 73.2 cm³/mol. The molecule has 2 heterocycles. The molecule has 1 N–H and O–H groups in total. The number of nitrogens with one attached hydrogen (secondary N) is 1. The average molecular weight is 249 g/mol. The van der Waals surface area contributed by atoms with Crippen molar-refractivity contribution in [3.8, 4) is 5.75 Å². The van der Waals surface area contributed by atoms with Gasteiger partial charge in [-0.3, -0.25) is 4.79 Å². The van der Waals surface area contributed by atoms with E-state index in [2.05, 4.69) is 4.98 Å². The topological polar surface area (TPSA) is 42.1 Å². The summed E-state index contributed by atoms with van der Waals surface area (Å²) in [5.41, 5.74) is 1.08. The molecule has 0 unspecified atom stereocenters. The summed E-state index contributed by atoms with van der Waals surface area (Å²) in [6.07, 6.45) is 12.9. The molecule has 2 rings (SSSR count). The smallest absolute Gasteiger partial charge is 0.290 e. The van der Waals surface area contributed by atoms with E-state index in [0.29, 0.717) is 12.4 Å². The zero-order chi connectivity index (χ0) is 12.6. The fourth-order valence-corrected chi connectivity index (χ4v) is 2.43. The molecule has 0 fully saturated rings. The van der Waals surface area contributed by atoms with Crippen LogP contribution in [0.2, 0.25) is 0 Å². The lowest BCUT2D eigenvalue weighted by Gasteiger charge is -2.09. The highest BCUT2D eigenvalue weighted by atomic mass is 16.5. The highest BCUT2D eigenvalue weighted by Gasteiger charge is 2.04. The van der Waals surface area contributed by atoms with Crippen LogP contribution in [0.1, 0.15) is 56.9 Å². The molecule has 0 aliphatic carbocycles. The Morgan fingerprint density at radius 3 is 2.39 bits per heavy atom. The number of rotatable bonds is 0. The molecule has 18 heavy (non-hydrogen) atoms. The zero-order valence-electron chi connectivity index (χ0n) is 11.0. The number of H-pyrrole nitrogens is 1. The van der Waals surface area contributed by atoms with Crippen LogP contribution in [-0.2, 0) is 6.42 Å². The number of aryl methyl sites for hydroxylation is 1. The van der Waals surface area contributed by atoms with Crippen LogP contribution < -0.4 is 10.3 Å². The Bertz CT molecular complexity index is 411. The minimum Gasteiger partial charge on any atom is -0.488 e. The van der Waals surface area contributed by atoms with E-state index in [1.54, 1.807) is 0 Å². The first-order valence-corrected chi connectivity index (χ1v) is 7.21. The molecule has 0 saturated heterocycles. The molecule has 1 aliphatic heterocycles. The highest BCUT2D eigenvalue weighted by molar-refractivity contribution is 5.23. The van der Waals surface area contributed by atoms with E-state index >= 15 is 0 Å². The van der Waals surface area contributed by atoms with Crippen molar-refractivity contribution in [1.29, 1.82) is 0 Å². The largest absolute Gasteiger partial charge is 0.488 e. The van der Waals surface area contributed by atoms with E-state index < -0.39 is 0 Å². The van der Waals surface area contributed by atoms with E-state index in [1.807, 2.05) is 12.3 Å². The van der Waals surface area contributed by atoms with Gasteiger partial charge >= 0.3 is 0 Å². The first kappa shape index (κ1) is 13.2. The monoisotopic (exact) mass is 249 g/mol. The van der Waals surface area contributed by atoms with Gasteiger partial charge < -0.3 is 9.72 Å². The Kier molecular flexibility index (Phi) is 5.31. The minimum atomic E-state index is -0.106. The Morgan fingerprint density at radius 1 is 0.944 bits per heavy atom. The number of ether oxygens (including phenoxy) is 1. The number of aromatic nitrogens is 1. The first-order chi connectivity index (χ1) is 8.86. The molecule has 3 heteroatoms. The lowest BCUT2D eigenvalue weighted by atomic mass is 10.0. The van der Waals surface area contributed by atoms with Crippen molar-refractivity contribution >= 4 is 0 Å². The van der Waals surface area contributed by atoms with Gasteiger partial charge in [-0.05, 0) is 30.9 Å². The molecule has 1 aromatic heterocycles. The summed E-state index contributed by atoms with van der Waals surface area (Å²) in [5, 5.41) is 0. The summed E-state index contributed by atoms with van der Waals surface area (Å²) >= 11 is 0. The summed E-state index contributed by atoms with van der Waals surface area (Å²) in [5.74, 6) is 0.490. The Balaban J connectivity index is 2.01. The maximum absolute atomic E-state index is 11.6. The molecular weight excluding hydrogens is 226 g/mol. The van der Waals surface area contributed by atoms with E-state index in [9.17, 15) is 4.79 Å². The molecule has 0 radical (unpaired) electrons. The second-order valence-electron chi connectivity index (χ2n) is 5.13. The van der Waals surface area contributed by atoms with Crippen molar-refractivity contribution in [3.63, 3.8) is 0 Å². The lowest BCUT2D eigenvalue weighted by Crippen LogP contribution is -2.12. The van der Waals surface area contributed by atoms with Crippen LogP contribution in [0.15, 0.2) is 17.1 Å².